The Balaban J connectivity index is 1.30. The number of thiazole rings is 1. The number of fused-ring (bicyclic) bond motifs is 1. The standard InChI is InChI=1S/C21H22N6S/c1-26-8-10-27(11-9-26)17-5-2-15(3-6-17)20-13-28-21(25-20)24-16-4-7-18-19(12-16)23-14-22-18/h2-7,12-14H,8-11H2,1H3,(H,22,23)(H,24,25). The van der Waals surface area contributed by atoms with E-state index in [0.29, 0.717) is 0 Å². The summed E-state index contributed by atoms with van der Waals surface area (Å²) in [6.45, 7) is 4.41. The van der Waals surface area contributed by atoms with E-state index in [2.05, 4.69) is 61.8 Å². The summed E-state index contributed by atoms with van der Waals surface area (Å²) in [6.07, 6.45) is 1.71. The van der Waals surface area contributed by atoms with Gasteiger partial charge in [0.05, 0.1) is 23.1 Å². The largest absolute Gasteiger partial charge is 0.369 e. The maximum atomic E-state index is 4.76. The van der Waals surface area contributed by atoms with Crippen LogP contribution < -0.4 is 10.2 Å². The third kappa shape index (κ3) is 3.46. The van der Waals surface area contributed by atoms with Gasteiger partial charge in [-0.1, -0.05) is 12.1 Å². The van der Waals surface area contributed by atoms with Gasteiger partial charge in [-0.05, 0) is 37.4 Å². The molecule has 1 aliphatic heterocycles. The fraction of sp³-hybridized carbons (Fsp3) is 0.238. The van der Waals surface area contributed by atoms with Gasteiger partial charge in [0.1, 0.15) is 0 Å². The third-order valence-electron chi connectivity index (χ3n) is 5.21. The zero-order valence-electron chi connectivity index (χ0n) is 15.7. The number of hydrogen-bond acceptors (Lipinski definition) is 6. The summed E-state index contributed by atoms with van der Waals surface area (Å²) in [5.74, 6) is 0. The highest BCUT2D eigenvalue weighted by molar-refractivity contribution is 7.14. The van der Waals surface area contributed by atoms with Crippen molar-refractivity contribution in [2.45, 2.75) is 0 Å². The van der Waals surface area contributed by atoms with E-state index in [-0.39, 0.29) is 0 Å². The van der Waals surface area contributed by atoms with Gasteiger partial charge in [0.15, 0.2) is 5.13 Å². The number of aromatic nitrogens is 3. The first-order valence-electron chi connectivity index (χ1n) is 9.44. The molecule has 4 aromatic rings. The number of rotatable bonds is 4. The van der Waals surface area contributed by atoms with Crippen molar-refractivity contribution in [2.24, 2.45) is 0 Å². The second kappa shape index (κ2) is 7.26. The minimum atomic E-state index is 0.886. The van der Waals surface area contributed by atoms with Gasteiger partial charge >= 0.3 is 0 Å². The van der Waals surface area contributed by atoms with Crippen molar-refractivity contribution in [1.82, 2.24) is 19.9 Å². The molecule has 1 aliphatic rings. The van der Waals surface area contributed by atoms with E-state index < -0.39 is 0 Å². The van der Waals surface area contributed by atoms with Crippen LogP contribution in [0.5, 0.6) is 0 Å². The van der Waals surface area contributed by atoms with E-state index in [1.165, 1.54) is 5.69 Å². The van der Waals surface area contributed by atoms with Gasteiger partial charge in [-0.25, -0.2) is 9.97 Å². The van der Waals surface area contributed by atoms with Gasteiger partial charge in [0.25, 0.3) is 0 Å². The highest BCUT2D eigenvalue weighted by Gasteiger charge is 2.14. The van der Waals surface area contributed by atoms with Crippen LogP contribution >= 0.6 is 11.3 Å². The smallest absolute Gasteiger partial charge is 0.187 e. The molecule has 0 radical (unpaired) electrons. The lowest BCUT2D eigenvalue weighted by molar-refractivity contribution is 0.313. The number of likely N-dealkylation sites (N-methyl/N-ethyl adjacent to an activating group) is 1. The molecule has 1 fully saturated rings. The van der Waals surface area contributed by atoms with Crippen LogP contribution in [-0.2, 0) is 0 Å². The minimum absolute atomic E-state index is 0.886. The fourth-order valence-electron chi connectivity index (χ4n) is 3.51. The predicted molar refractivity (Wildman–Crippen MR) is 117 cm³/mol. The first-order chi connectivity index (χ1) is 13.7. The number of H-pyrrole nitrogens is 1. The summed E-state index contributed by atoms with van der Waals surface area (Å²) in [5, 5.41) is 6.38. The molecule has 0 unspecified atom stereocenters. The fourth-order valence-corrected chi connectivity index (χ4v) is 4.25. The van der Waals surface area contributed by atoms with Gasteiger partial charge < -0.3 is 20.1 Å². The van der Waals surface area contributed by atoms with Crippen molar-refractivity contribution in [2.75, 3.05) is 43.4 Å². The zero-order valence-corrected chi connectivity index (χ0v) is 16.5. The molecule has 0 spiro atoms. The molecule has 28 heavy (non-hydrogen) atoms. The number of piperazine rings is 1. The molecular formula is C21H22N6S. The van der Waals surface area contributed by atoms with Crippen LogP contribution in [0.2, 0.25) is 0 Å². The van der Waals surface area contributed by atoms with Gasteiger partial charge in [-0.15, -0.1) is 11.3 Å². The first kappa shape index (κ1) is 17.2. The Labute approximate surface area is 167 Å². The molecule has 142 valence electrons. The molecule has 3 heterocycles. The van der Waals surface area contributed by atoms with Crippen LogP contribution in [0.25, 0.3) is 22.3 Å². The maximum Gasteiger partial charge on any atom is 0.187 e. The molecule has 2 N–H and O–H groups in total. The molecule has 0 saturated carbocycles. The second-order valence-electron chi connectivity index (χ2n) is 7.13. The second-order valence-corrected chi connectivity index (χ2v) is 7.99. The van der Waals surface area contributed by atoms with Crippen LogP contribution in [0.4, 0.5) is 16.5 Å². The van der Waals surface area contributed by atoms with E-state index in [0.717, 1.165) is 59.3 Å². The van der Waals surface area contributed by atoms with E-state index in [1.807, 2.05) is 18.2 Å². The van der Waals surface area contributed by atoms with E-state index in [1.54, 1.807) is 17.7 Å². The monoisotopic (exact) mass is 390 g/mol. The van der Waals surface area contributed by atoms with Crippen molar-refractivity contribution in [1.29, 1.82) is 0 Å². The molecule has 0 bridgehead atoms. The number of imidazole rings is 1. The van der Waals surface area contributed by atoms with Crippen LogP contribution in [0.3, 0.4) is 0 Å². The Hall–Kier alpha value is -2.90. The molecule has 7 heteroatoms. The first-order valence-corrected chi connectivity index (χ1v) is 10.3. The van der Waals surface area contributed by atoms with E-state index in [9.17, 15) is 0 Å². The van der Waals surface area contributed by atoms with Crippen molar-refractivity contribution in [3.8, 4) is 11.3 Å². The average Bonchev–Trinajstić information content (AvgIpc) is 3.38. The molecule has 6 nitrogen and oxygen atoms in total. The van der Waals surface area contributed by atoms with Crippen molar-refractivity contribution in [3.63, 3.8) is 0 Å². The normalized spacial score (nSPS) is 15.2. The van der Waals surface area contributed by atoms with Crippen LogP contribution in [0.1, 0.15) is 0 Å². The van der Waals surface area contributed by atoms with Crippen LogP contribution in [0, 0.1) is 0 Å². The van der Waals surface area contributed by atoms with Crippen molar-refractivity contribution in [3.05, 3.63) is 54.2 Å². The zero-order chi connectivity index (χ0) is 18.9. The van der Waals surface area contributed by atoms with Crippen LogP contribution in [-0.4, -0.2) is 53.1 Å². The van der Waals surface area contributed by atoms with Crippen molar-refractivity contribution < 1.29 is 0 Å². The van der Waals surface area contributed by atoms with Gasteiger partial charge in [-0.2, -0.15) is 0 Å². The summed E-state index contributed by atoms with van der Waals surface area (Å²) in [5.41, 5.74) is 6.42. The third-order valence-corrected chi connectivity index (χ3v) is 5.96. The number of hydrogen-bond donors (Lipinski definition) is 2. The summed E-state index contributed by atoms with van der Waals surface area (Å²) in [7, 11) is 2.18. The SMILES string of the molecule is CN1CCN(c2ccc(-c3csc(Nc4ccc5nc[nH]c5c4)n3)cc2)CC1. The lowest BCUT2D eigenvalue weighted by Crippen LogP contribution is -2.44. The minimum Gasteiger partial charge on any atom is -0.369 e. The molecule has 0 amide bonds. The predicted octanol–water partition coefficient (Wildman–Crippen LogP) is 4.18. The average molecular weight is 391 g/mol. The lowest BCUT2D eigenvalue weighted by Gasteiger charge is -2.34. The summed E-state index contributed by atoms with van der Waals surface area (Å²) < 4.78 is 0. The Kier molecular flexibility index (Phi) is 4.46. The summed E-state index contributed by atoms with van der Waals surface area (Å²) in [4.78, 5) is 17.0. The van der Waals surface area contributed by atoms with Gasteiger partial charge in [0, 0.05) is 48.5 Å². The molecule has 0 aliphatic carbocycles. The number of anilines is 3. The summed E-state index contributed by atoms with van der Waals surface area (Å²) in [6, 6.07) is 14.8. The van der Waals surface area contributed by atoms with E-state index >= 15 is 0 Å². The van der Waals surface area contributed by atoms with Crippen LogP contribution in [0.15, 0.2) is 54.2 Å². The van der Waals surface area contributed by atoms with Gasteiger partial charge in [0.2, 0.25) is 0 Å². The Morgan fingerprint density at radius 1 is 1.04 bits per heavy atom. The summed E-state index contributed by atoms with van der Waals surface area (Å²) >= 11 is 1.62. The Bertz CT molecular complexity index is 1080. The number of benzene rings is 2. The highest BCUT2D eigenvalue weighted by Crippen LogP contribution is 2.29. The molecule has 1 saturated heterocycles. The topological polar surface area (TPSA) is 60.1 Å². The Morgan fingerprint density at radius 2 is 1.86 bits per heavy atom. The molecule has 2 aromatic carbocycles. The Morgan fingerprint density at radius 3 is 2.68 bits per heavy atom. The molecule has 5 rings (SSSR count). The number of aromatic amines is 1. The number of nitrogens with one attached hydrogen (secondary N) is 2. The lowest BCUT2D eigenvalue weighted by atomic mass is 10.1. The van der Waals surface area contributed by atoms with Crippen molar-refractivity contribution >= 4 is 38.9 Å². The highest BCUT2D eigenvalue weighted by atomic mass is 32.1. The molecule has 0 atom stereocenters. The van der Waals surface area contributed by atoms with E-state index in [4.69, 9.17) is 4.98 Å². The maximum absolute atomic E-state index is 4.76. The molecule has 2 aromatic heterocycles. The quantitative estimate of drug-likeness (QED) is 0.547. The molecular weight excluding hydrogens is 368 g/mol. The number of nitrogens with zero attached hydrogens (tertiary/aromatic N) is 4. The van der Waals surface area contributed by atoms with Gasteiger partial charge in [-0.3, -0.25) is 0 Å².